The third kappa shape index (κ3) is 3.08. The molecule has 2 atom stereocenters. The minimum absolute atomic E-state index is 0.00628. The number of rotatable bonds is 4. The van der Waals surface area contributed by atoms with Crippen LogP contribution in [0.5, 0.6) is 11.5 Å². The third-order valence-corrected chi connectivity index (χ3v) is 4.52. The standard InChI is InChI=1S/C17H18N4O4/c22-8-12-6-21(16-3-4-18-9-19-16)7-13(12)20-17(23)11-1-2-14-15(5-11)25-10-24-14/h1-5,9,12-13,22H,6-8,10H2,(H,20,23)/t12-,13+/m0/s1. The van der Waals surface area contributed by atoms with E-state index >= 15 is 0 Å². The first-order valence-electron chi connectivity index (χ1n) is 8.07. The van der Waals surface area contributed by atoms with E-state index in [-0.39, 0.29) is 31.3 Å². The van der Waals surface area contributed by atoms with Gasteiger partial charge in [0.2, 0.25) is 6.79 Å². The van der Waals surface area contributed by atoms with Crippen molar-refractivity contribution in [3.63, 3.8) is 0 Å². The molecule has 1 aromatic carbocycles. The number of anilines is 1. The number of benzene rings is 1. The fourth-order valence-corrected chi connectivity index (χ4v) is 3.17. The van der Waals surface area contributed by atoms with Crippen LogP contribution in [0, 0.1) is 5.92 Å². The normalized spacial score (nSPS) is 21.4. The number of aliphatic hydroxyl groups excluding tert-OH is 1. The quantitative estimate of drug-likeness (QED) is 0.832. The zero-order valence-corrected chi connectivity index (χ0v) is 13.5. The highest BCUT2D eigenvalue weighted by atomic mass is 16.7. The Hall–Kier alpha value is -2.87. The summed E-state index contributed by atoms with van der Waals surface area (Å²) in [5.74, 6) is 1.73. The maximum absolute atomic E-state index is 12.6. The molecule has 2 aromatic rings. The molecule has 130 valence electrons. The van der Waals surface area contributed by atoms with Crippen LogP contribution in [0.1, 0.15) is 10.4 Å². The van der Waals surface area contributed by atoms with Gasteiger partial charge in [0.05, 0.1) is 6.04 Å². The molecule has 8 nitrogen and oxygen atoms in total. The second-order valence-corrected chi connectivity index (χ2v) is 6.06. The highest BCUT2D eigenvalue weighted by Gasteiger charge is 2.34. The first-order chi connectivity index (χ1) is 12.2. The van der Waals surface area contributed by atoms with Gasteiger partial charge in [-0.05, 0) is 24.3 Å². The Labute approximate surface area is 144 Å². The fraction of sp³-hybridized carbons (Fsp3) is 0.353. The van der Waals surface area contributed by atoms with Crippen LogP contribution in [0.3, 0.4) is 0 Å². The summed E-state index contributed by atoms with van der Waals surface area (Å²) >= 11 is 0. The molecule has 0 aliphatic carbocycles. The number of nitrogens with one attached hydrogen (secondary N) is 1. The minimum atomic E-state index is -0.203. The second kappa shape index (κ2) is 6.56. The summed E-state index contributed by atoms with van der Waals surface area (Å²) in [5, 5.41) is 12.7. The molecular formula is C17H18N4O4. The summed E-state index contributed by atoms with van der Waals surface area (Å²) in [6, 6.07) is 6.74. The topological polar surface area (TPSA) is 96.8 Å². The lowest BCUT2D eigenvalue weighted by atomic mass is 10.0. The minimum Gasteiger partial charge on any atom is -0.454 e. The number of hydrogen-bond acceptors (Lipinski definition) is 7. The summed E-state index contributed by atoms with van der Waals surface area (Å²) in [7, 11) is 0. The van der Waals surface area contributed by atoms with E-state index in [2.05, 4.69) is 15.3 Å². The lowest BCUT2D eigenvalue weighted by molar-refractivity contribution is 0.0921. The molecule has 2 aliphatic rings. The molecule has 25 heavy (non-hydrogen) atoms. The van der Waals surface area contributed by atoms with Crippen molar-refractivity contribution >= 4 is 11.7 Å². The van der Waals surface area contributed by atoms with E-state index in [9.17, 15) is 9.90 Å². The zero-order chi connectivity index (χ0) is 17.2. The molecule has 3 heterocycles. The molecule has 2 aliphatic heterocycles. The molecule has 0 radical (unpaired) electrons. The van der Waals surface area contributed by atoms with Crippen LogP contribution >= 0.6 is 0 Å². The van der Waals surface area contributed by atoms with Gasteiger partial charge < -0.3 is 24.8 Å². The predicted molar refractivity (Wildman–Crippen MR) is 88.6 cm³/mol. The Morgan fingerprint density at radius 1 is 1.28 bits per heavy atom. The van der Waals surface area contributed by atoms with Crippen molar-refractivity contribution < 1.29 is 19.4 Å². The van der Waals surface area contributed by atoms with E-state index in [1.807, 2.05) is 11.0 Å². The number of aliphatic hydroxyl groups is 1. The zero-order valence-electron chi connectivity index (χ0n) is 13.5. The van der Waals surface area contributed by atoms with Gasteiger partial charge in [0.15, 0.2) is 11.5 Å². The average Bonchev–Trinajstić information content (AvgIpc) is 3.28. The Kier molecular flexibility index (Phi) is 4.10. The smallest absolute Gasteiger partial charge is 0.251 e. The fourth-order valence-electron chi connectivity index (χ4n) is 3.17. The van der Waals surface area contributed by atoms with Gasteiger partial charge in [0.1, 0.15) is 12.1 Å². The number of nitrogens with zero attached hydrogens (tertiary/aromatic N) is 3. The number of fused-ring (bicyclic) bond motifs is 1. The van der Waals surface area contributed by atoms with Gasteiger partial charge in [-0.25, -0.2) is 9.97 Å². The number of hydrogen-bond donors (Lipinski definition) is 2. The SMILES string of the molecule is O=C(N[C@@H]1CN(c2ccncn2)C[C@H]1CO)c1ccc2c(c1)OCO2. The van der Waals surface area contributed by atoms with Crippen molar-refractivity contribution in [3.8, 4) is 11.5 Å². The number of amides is 1. The molecule has 1 aromatic heterocycles. The van der Waals surface area contributed by atoms with E-state index < -0.39 is 0 Å². The molecule has 0 unspecified atom stereocenters. The Morgan fingerprint density at radius 3 is 2.96 bits per heavy atom. The van der Waals surface area contributed by atoms with E-state index in [1.165, 1.54) is 6.33 Å². The first-order valence-corrected chi connectivity index (χ1v) is 8.07. The van der Waals surface area contributed by atoms with Crippen LogP contribution in [-0.4, -0.2) is 53.5 Å². The molecule has 1 amide bonds. The Bertz CT molecular complexity index is 770. The van der Waals surface area contributed by atoms with Gasteiger partial charge >= 0.3 is 0 Å². The van der Waals surface area contributed by atoms with Crippen molar-refractivity contribution in [2.24, 2.45) is 5.92 Å². The van der Waals surface area contributed by atoms with Gasteiger partial charge in [-0.2, -0.15) is 0 Å². The van der Waals surface area contributed by atoms with Gasteiger partial charge in [0, 0.05) is 37.4 Å². The van der Waals surface area contributed by atoms with Crippen LogP contribution in [0.4, 0.5) is 5.82 Å². The van der Waals surface area contributed by atoms with Crippen LogP contribution in [0.25, 0.3) is 0 Å². The van der Waals surface area contributed by atoms with Crippen LogP contribution in [0.15, 0.2) is 36.8 Å². The monoisotopic (exact) mass is 342 g/mol. The van der Waals surface area contributed by atoms with Crippen LogP contribution < -0.4 is 19.7 Å². The van der Waals surface area contributed by atoms with E-state index in [0.29, 0.717) is 30.2 Å². The maximum atomic E-state index is 12.6. The lowest BCUT2D eigenvalue weighted by Crippen LogP contribution is -2.41. The largest absolute Gasteiger partial charge is 0.454 e. The van der Waals surface area contributed by atoms with Crippen molar-refractivity contribution in [1.29, 1.82) is 0 Å². The number of carbonyl (C=O) groups is 1. The van der Waals surface area contributed by atoms with Gasteiger partial charge in [-0.3, -0.25) is 4.79 Å². The van der Waals surface area contributed by atoms with E-state index in [0.717, 1.165) is 5.82 Å². The summed E-state index contributed by atoms with van der Waals surface area (Å²) < 4.78 is 10.6. The molecule has 2 N–H and O–H groups in total. The van der Waals surface area contributed by atoms with Crippen LogP contribution in [0.2, 0.25) is 0 Å². The Morgan fingerprint density at radius 2 is 2.16 bits per heavy atom. The predicted octanol–water partition coefficient (Wildman–Crippen LogP) is 0.432. The molecule has 1 saturated heterocycles. The highest BCUT2D eigenvalue weighted by Crippen LogP contribution is 2.32. The summed E-state index contributed by atoms with van der Waals surface area (Å²) in [6.45, 7) is 1.37. The van der Waals surface area contributed by atoms with E-state index in [4.69, 9.17) is 9.47 Å². The van der Waals surface area contributed by atoms with Crippen molar-refractivity contribution in [3.05, 3.63) is 42.4 Å². The van der Waals surface area contributed by atoms with Crippen molar-refractivity contribution in [1.82, 2.24) is 15.3 Å². The number of carbonyl (C=O) groups excluding carboxylic acids is 1. The molecular weight excluding hydrogens is 324 g/mol. The maximum Gasteiger partial charge on any atom is 0.251 e. The van der Waals surface area contributed by atoms with Crippen molar-refractivity contribution in [2.75, 3.05) is 31.4 Å². The number of ether oxygens (including phenoxy) is 2. The van der Waals surface area contributed by atoms with Gasteiger partial charge in [0.25, 0.3) is 5.91 Å². The average molecular weight is 342 g/mol. The highest BCUT2D eigenvalue weighted by molar-refractivity contribution is 5.95. The third-order valence-electron chi connectivity index (χ3n) is 4.52. The molecule has 0 bridgehead atoms. The molecule has 0 saturated carbocycles. The molecule has 1 fully saturated rings. The van der Waals surface area contributed by atoms with Crippen LogP contribution in [-0.2, 0) is 0 Å². The summed E-state index contributed by atoms with van der Waals surface area (Å²) in [6.07, 6.45) is 3.16. The summed E-state index contributed by atoms with van der Waals surface area (Å²) in [5.41, 5.74) is 0.501. The van der Waals surface area contributed by atoms with E-state index in [1.54, 1.807) is 24.4 Å². The molecule has 0 spiro atoms. The lowest BCUT2D eigenvalue weighted by Gasteiger charge is -2.18. The second-order valence-electron chi connectivity index (χ2n) is 6.06. The van der Waals surface area contributed by atoms with Gasteiger partial charge in [-0.15, -0.1) is 0 Å². The Balaban J connectivity index is 1.46. The van der Waals surface area contributed by atoms with Gasteiger partial charge in [-0.1, -0.05) is 0 Å². The molecule has 4 rings (SSSR count). The molecule has 8 heteroatoms. The summed E-state index contributed by atoms with van der Waals surface area (Å²) in [4.78, 5) is 22.7. The van der Waals surface area contributed by atoms with Crippen molar-refractivity contribution in [2.45, 2.75) is 6.04 Å². The first kappa shape index (κ1) is 15.6. The number of aromatic nitrogens is 2.